The number of nitrogens with one attached hydrogen (secondary N) is 2. The van der Waals surface area contributed by atoms with Gasteiger partial charge in [-0.05, 0) is 49.1 Å². The molecule has 3 aromatic rings. The minimum atomic E-state index is -4.54. The lowest BCUT2D eigenvalue weighted by molar-refractivity contribution is -0.142. The zero-order chi connectivity index (χ0) is 21.3. The van der Waals surface area contributed by atoms with Gasteiger partial charge in [0.05, 0.1) is 11.4 Å². The normalized spacial score (nSPS) is 14.3. The number of alkyl halides is 3. The van der Waals surface area contributed by atoms with Crippen molar-refractivity contribution < 1.29 is 13.2 Å². The topological polar surface area (TPSA) is 108 Å². The Hall–Kier alpha value is -3.39. The van der Waals surface area contributed by atoms with Gasteiger partial charge in [-0.1, -0.05) is 11.6 Å². The molecule has 0 unspecified atom stereocenters. The van der Waals surface area contributed by atoms with Crippen LogP contribution in [0.4, 0.5) is 18.9 Å². The fourth-order valence-electron chi connectivity index (χ4n) is 3.41. The fourth-order valence-corrected chi connectivity index (χ4v) is 3.58. The summed E-state index contributed by atoms with van der Waals surface area (Å²) < 4.78 is 41.9. The predicted molar refractivity (Wildman–Crippen MR) is 102 cm³/mol. The molecule has 0 amide bonds. The number of aromatic amines is 1. The van der Waals surface area contributed by atoms with Crippen molar-refractivity contribution in [3.63, 3.8) is 0 Å². The van der Waals surface area contributed by atoms with Crippen molar-refractivity contribution in [1.82, 2.24) is 30.4 Å². The van der Waals surface area contributed by atoms with Gasteiger partial charge in [0, 0.05) is 22.5 Å². The Morgan fingerprint density at radius 2 is 2.10 bits per heavy atom. The maximum atomic E-state index is 13.5. The van der Waals surface area contributed by atoms with E-state index in [2.05, 4.69) is 31.0 Å². The molecule has 154 valence electrons. The minimum absolute atomic E-state index is 0.0735. The highest BCUT2D eigenvalue weighted by Crippen LogP contribution is 2.38. The number of hydrogen-bond donors (Lipinski definition) is 2. The van der Waals surface area contributed by atoms with Crippen molar-refractivity contribution in [2.45, 2.75) is 31.9 Å². The van der Waals surface area contributed by atoms with Crippen molar-refractivity contribution in [3.8, 4) is 11.8 Å². The number of H-pyrrole nitrogens is 1. The van der Waals surface area contributed by atoms with Gasteiger partial charge in [0.2, 0.25) is 5.82 Å². The first kappa shape index (κ1) is 19.9. The van der Waals surface area contributed by atoms with Crippen LogP contribution in [0.25, 0.3) is 11.3 Å². The van der Waals surface area contributed by atoms with E-state index in [-0.39, 0.29) is 17.0 Å². The molecule has 12 heteroatoms. The highest BCUT2D eigenvalue weighted by molar-refractivity contribution is 6.31. The van der Waals surface area contributed by atoms with E-state index in [9.17, 15) is 18.4 Å². The average molecular weight is 435 g/mol. The summed E-state index contributed by atoms with van der Waals surface area (Å²) >= 11 is 6.10. The number of tetrazole rings is 1. The first-order valence-electron chi connectivity index (χ1n) is 8.97. The zero-order valence-electron chi connectivity index (χ0n) is 15.3. The first-order valence-corrected chi connectivity index (χ1v) is 9.35. The summed E-state index contributed by atoms with van der Waals surface area (Å²) in [4.78, 5) is 0. The number of allylic oxidation sites excluding steroid dienone is 1. The van der Waals surface area contributed by atoms with Crippen LogP contribution in [-0.2, 0) is 19.0 Å². The lowest BCUT2D eigenvalue weighted by atomic mass is 9.95. The number of hydrogen-bond acceptors (Lipinski definition) is 6. The predicted octanol–water partition coefficient (Wildman–Crippen LogP) is 3.91. The van der Waals surface area contributed by atoms with E-state index >= 15 is 0 Å². The van der Waals surface area contributed by atoms with E-state index in [4.69, 9.17) is 11.6 Å². The molecule has 0 saturated carbocycles. The van der Waals surface area contributed by atoms with E-state index in [1.807, 2.05) is 6.07 Å². The van der Waals surface area contributed by atoms with Crippen LogP contribution in [0.5, 0.6) is 0 Å². The van der Waals surface area contributed by atoms with E-state index in [1.54, 1.807) is 18.2 Å². The van der Waals surface area contributed by atoms with Crippen molar-refractivity contribution in [2.75, 3.05) is 5.32 Å². The van der Waals surface area contributed by atoms with Crippen LogP contribution in [0, 0.1) is 11.3 Å². The highest BCUT2D eigenvalue weighted by Gasteiger charge is 2.39. The molecule has 1 aromatic carbocycles. The smallest absolute Gasteiger partial charge is 0.359 e. The number of halogens is 4. The Labute approximate surface area is 173 Å². The third-order valence-corrected chi connectivity index (χ3v) is 4.95. The van der Waals surface area contributed by atoms with Crippen molar-refractivity contribution in [1.29, 1.82) is 5.26 Å². The van der Waals surface area contributed by atoms with Crippen LogP contribution in [0.3, 0.4) is 0 Å². The van der Waals surface area contributed by atoms with Crippen LogP contribution in [0.2, 0.25) is 5.02 Å². The van der Waals surface area contributed by atoms with Gasteiger partial charge < -0.3 is 5.32 Å². The Morgan fingerprint density at radius 3 is 2.80 bits per heavy atom. The summed E-state index contributed by atoms with van der Waals surface area (Å²) in [7, 11) is 0. The average Bonchev–Trinajstić information content (AvgIpc) is 3.37. The summed E-state index contributed by atoms with van der Waals surface area (Å²) in [5.41, 5.74) is 0.737. The zero-order valence-corrected chi connectivity index (χ0v) is 16.1. The van der Waals surface area contributed by atoms with Crippen molar-refractivity contribution >= 4 is 22.9 Å². The molecule has 0 saturated heterocycles. The molecule has 0 aliphatic heterocycles. The molecule has 0 radical (unpaired) electrons. The molecule has 1 aliphatic rings. The van der Waals surface area contributed by atoms with E-state index in [1.165, 1.54) is 10.9 Å². The molecule has 2 aromatic heterocycles. The van der Waals surface area contributed by atoms with Crippen molar-refractivity contribution in [2.24, 2.45) is 0 Å². The summed E-state index contributed by atoms with van der Waals surface area (Å²) in [6.07, 6.45) is -0.922. The molecular formula is C18H14ClF3N8. The molecule has 8 nitrogen and oxygen atoms in total. The molecule has 0 fully saturated rings. The van der Waals surface area contributed by atoms with E-state index in [0.29, 0.717) is 41.4 Å². The quantitative estimate of drug-likeness (QED) is 0.603. The summed E-state index contributed by atoms with van der Waals surface area (Å²) in [5, 5.41) is 29.6. The maximum Gasteiger partial charge on any atom is 0.435 e. The number of benzene rings is 1. The van der Waals surface area contributed by atoms with Gasteiger partial charge in [0.15, 0.2) is 5.69 Å². The van der Waals surface area contributed by atoms with Crippen LogP contribution >= 0.6 is 11.6 Å². The molecule has 2 heterocycles. The van der Waals surface area contributed by atoms with Crippen LogP contribution < -0.4 is 5.32 Å². The van der Waals surface area contributed by atoms with E-state index in [0.717, 1.165) is 6.42 Å². The third kappa shape index (κ3) is 3.73. The van der Waals surface area contributed by atoms with Crippen LogP contribution in [-0.4, -0.2) is 30.4 Å². The number of rotatable bonds is 4. The molecule has 0 atom stereocenters. The Morgan fingerprint density at radius 1 is 1.30 bits per heavy atom. The molecule has 2 N–H and O–H groups in total. The largest absolute Gasteiger partial charge is 0.435 e. The van der Waals surface area contributed by atoms with Gasteiger partial charge in [-0.2, -0.15) is 28.7 Å². The fraction of sp³-hybridized carbons (Fsp3) is 0.278. The number of fused-ring (bicyclic) bond motifs is 1. The van der Waals surface area contributed by atoms with Gasteiger partial charge in [-0.15, -0.1) is 10.2 Å². The minimum Gasteiger partial charge on any atom is -0.359 e. The van der Waals surface area contributed by atoms with Gasteiger partial charge in [-0.3, -0.25) is 0 Å². The van der Waals surface area contributed by atoms with E-state index < -0.39 is 11.9 Å². The number of nitriles is 1. The number of aromatic nitrogens is 6. The second-order valence-electron chi connectivity index (χ2n) is 6.60. The molecule has 4 rings (SSSR count). The molecule has 0 spiro atoms. The second-order valence-corrected chi connectivity index (χ2v) is 7.04. The van der Waals surface area contributed by atoms with Gasteiger partial charge in [0.1, 0.15) is 11.6 Å². The number of nitrogens with zero attached hydrogens (tertiary/aromatic N) is 6. The van der Waals surface area contributed by atoms with Crippen LogP contribution in [0.15, 0.2) is 24.4 Å². The molecular weight excluding hydrogens is 421 g/mol. The Kier molecular flexibility index (Phi) is 5.17. The molecule has 1 aliphatic carbocycles. The number of anilines is 1. The molecule has 0 bridgehead atoms. The van der Waals surface area contributed by atoms with Crippen LogP contribution in [0.1, 0.15) is 35.6 Å². The second kappa shape index (κ2) is 7.79. The third-order valence-electron chi connectivity index (χ3n) is 4.71. The monoisotopic (exact) mass is 434 g/mol. The van der Waals surface area contributed by atoms with Gasteiger partial charge >= 0.3 is 6.18 Å². The summed E-state index contributed by atoms with van der Waals surface area (Å²) in [6, 6.07) is 6.63. The maximum absolute atomic E-state index is 13.5. The van der Waals surface area contributed by atoms with Gasteiger partial charge in [0.25, 0.3) is 0 Å². The SMILES string of the molecule is N#CC(=CNc1cc(Cl)ccc1-n1nc(C(F)(F)F)c2c1CCCC2)c1nn[nH]n1. The Balaban J connectivity index is 1.80. The molecule has 30 heavy (non-hydrogen) atoms. The summed E-state index contributed by atoms with van der Waals surface area (Å²) in [5.74, 6) is 0.0735. The lowest BCUT2D eigenvalue weighted by Crippen LogP contribution is -2.11. The summed E-state index contributed by atoms with van der Waals surface area (Å²) in [6.45, 7) is 0. The van der Waals surface area contributed by atoms with Crippen molar-refractivity contribution in [3.05, 3.63) is 52.2 Å². The lowest BCUT2D eigenvalue weighted by Gasteiger charge is -2.16. The highest BCUT2D eigenvalue weighted by atomic mass is 35.5. The standard InChI is InChI=1S/C18H14ClF3N8/c19-11-5-6-15(13(7-11)24-9-10(8-23)17-25-28-29-26-17)30-14-4-2-1-3-12(14)16(27-30)18(20,21)22/h5-7,9,24H,1-4H2,(H,25,26,28,29). The first-order chi connectivity index (χ1) is 14.4. The Bertz CT molecular complexity index is 1140. The van der Waals surface area contributed by atoms with Gasteiger partial charge in [-0.25, -0.2) is 4.68 Å².